The van der Waals surface area contributed by atoms with Crippen LogP contribution in [-0.2, 0) is 6.54 Å². The molecule has 20 heavy (non-hydrogen) atoms. The Kier molecular flexibility index (Phi) is 4.78. The van der Waals surface area contributed by atoms with Gasteiger partial charge in [0, 0.05) is 31.1 Å². The molecule has 0 atom stereocenters. The van der Waals surface area contributed by atoms with E-state index in [0.29, 0.717) is 12.2 Å². The number of hydrogen-bond donors (Lipinski definition) is 2. The van der Waals surface area contributed by atoms with Gasteiger partial charge in [0.25, 0.3) is 0 Å². The van der Waals surface area contributed by atoms with Crippen molar-refractivity contribution in [1.82, 2.24) is 20.0 Å². The number of aryl methyl sites for hydroxylation is 1. The fourth-order valence-electron chi connectivity index (χ4n) is 1.96. The minimum absolute atomic E-state index is 0.0571. The highest BCUT2D eigenvalue weighted by molar-refractivity contribution is 5.92. The minimum Gasteiger partial charge on any atom is -0.476 e. The van der Waals surface area contributed by atoms with E-state index in [2.05, 4.69) is 15.3 Å². The second-order valence-electron chi connectivity index (χ2n) is 4.34. The van der Waals surface area contributed by atoms with Gasteiger partial charge in [-0.25, -0.2) is 9.48 Å². The van der Waals surface area contributed by atoms with Crippen LogP contribution in [0, 0.1) is 0 Å². The van der Waals surface area contributed by atoms with Gasteiger partial charge in [-0.2, -0.15) is 0 Å². The van der Waals surface area contributed by atoms with E-state index in [9.17, 15) is 9.90 Å². The maximum Gasteiger partial charge on any atom is 0.358 e. The van der Waals surface area contributed by atoms with E-state index >= 15 is 0 Å². The van der Waals surface area contributed by atoms with Crippen LogP contribution in [0.1, 0.15) is 29.8 Å². The van der Waals surface area contributed by atoms with Crippen molar-refractivity contribution < 1.29 is 15.0 Å². The van der Waals surface area contributed by atoms with Gasteiger partial charge in [-0.15, -0.1) is 5.10 Å². The first-order chi connectivity index (χ1) is 9.74. The van der Waals surface area contributed by atoms with Gasteiger partial charge in [0.1, 0.15) is 5.69 Å². The van der Waals surface area contributed by atoms with E-state index in [1.165, 1.54) is 0 Å². The summed E-state index contributed by atoms with van der Waals surface area (Å²) in [6, 6.07) is 3.46. The Morgan fingerprint density at radius 3 is 2.60 bits per heavy atom. The second-order valence-corrected chi connectivity index (χ2v) is 4.34. The first-order valence-corrected chi connectivity index (χ1v) is 6.42. The number of carbonyl (C=O) groups is 1. The molecule has 0 amide bonds. The molecule has 0 spiro atoms. The number of hydrogen-bond acceptors (Lipinski definition) is 5. The van der Waals surface area contributed by atoms with Crippen LogP contribution in [0.3, 0.4) is 0 Å². The minimum atomic E-state index is -1.10. The fraction of sp³-hybridized carbons (Fsp3) is 0.385. The maximum atomic E-state index is 11.2. The summed E-state index contributed by atoms with van der Waals surface area (Å²) in [5.41, 5.74) is 1.16. The molecule has 106 valence electrons. The standard InChI is InChI=1S/C13H16N4O3/c18-9-3-1-2-8-17-12(10-4-6-14-7-5-10)11(13(19)20)15-16-17/h4-7,18H,1-3,8-9H2,(H,19,20). The van der Waals surface area contributed by atoms with E-state index < -0.39 is 5.97 Å². The Bertz CT molecular complexity index is 568. The van der Waals surface area contributed by atoms with Crippen LogP contribution in [-0.4, -0.2) is 42.8 Å². The Labute approximate surface area is 115 Å². The number of carboxylic acid groups (broad SMARTS) is 1. The molecule has 2 heterocycles. The van der Waals surface area contributed by atoms with E-state index in [-0.39, 0.29) is 12.3 Å². The summed E-state index contributed by atoms with van der Waals surface area (Å²) in [4.78, 5) is 15.1. The normalized spacial score (nSPS) is 10.7. The van der Waals surface area contributed by atoms with Crippen molar-refractivity contribution in [2.45, 2.75) is 25.8 Å². The number of aromatic carboxylic acids is 1. The summed E-state index contributed by atoms with van der Waals surface area (Å²) in [6.45, 7) is 0.729. The van der Waals surface area contributed by atoms with Gasteiger partial charge in [0.05, 0.1) is 0 Å². The summed E-state index contributed by atoms with van der Waals surface area (Å²) in [6.07, 6.45) is 5.59. The number of carboxylic acids is 1. The van der Waals surface area contributed by atoms with Gasteiger partial charge in [0.15, 0.2) is 5.69 Å². The van der Waals surface area contributed by atoms with Gasteiger partial charge in [-0.1, -0.05) is 5.21 Å². The molecule has 0 saturated carbocycles. The predicted molar refractivity (Wildman–Crippen MR) is 71.1 cm³/mol. The molecule has 0 aliphatic carbocycles. The Morgan fingerprint density at radius 2 is 1.95 bits per heavy atom. The zero-order valence-corrected chi connectivity index (χ0v) is 10.9. The molecule has 2 aromatic heterocycles. The second kappa shape index (κ2) is 6.76. The van der Waals surface area contributed by atoms with Gasteiger partial charge < -0.3 is 10.2 Å². The molecule has 0 saturated heterocycles. The smallest absolute Gasteiger partial charge is 0.358 e. The molecule has 2 aromatic rings. The largest absolute Gasteiger partial charge is 0.476 e. The first kappa shape index (κ1) is 14.1. The highest BCUT2D eigenvalue weighted by Crippen LogP contribution is 2.22. The molecule has 2 rings (SSSR count). The molecular weight excluding hydrogens is 260 g/mol. The zero-order chi connectivity index (χ0) is 14.4. The van der Waals surface area contributed by atoms with E-state index in [1.807, 2.05) is 0 Å². The van der Waals surface area contributed by atoms with Crippen molar-refractivity contribution in [3.05, 3.63) is 30.2 Å². The average molecular weight is 276 g/mol. The van der Waals surface area contributed by atoms with Crippen molar-refractivity contribution in [2.75, 3.05) is 6.61 Å². The zero-order valence-electron chi connectivity index (χ0n) is 10.9. The average Bonchev–Trinajstić information content (AvgIpc) is 2.88. The van der Waals surface area contributed by atoms with Crippen LogP contribution < -0.4 is 0 Å². The molecule has 0 unspecified atom stereocenters. The van der Waals surface area contributed by atoms with Crippen molar-refractivity contribution in [1.29, 1.82) is 0 Å². The molecule has 0 aromatic carbocycles. The number of nitrogens with zero attached hydrogens (tertiary/aromatic N) is 4. The van der Waals surface area contributed by atoms with Gasteiger partial charge in [-0.05, 0) is 31.4 Å². The van der Waals surface area contributed by atoms with Gasteiger partial charge in [0.2, 0.25) is 0 Å². The van der Waals surface area contributed by atoms with Crippen molar-refractivity contribution in [3.63, 3.8) is 0 Å². The van der Waals surface area contributed by atoms with Gasteiger partial charge >= 0.3 is 5.97 Å². The quantitative estimate of drug-likeness (QED) is 0.737. The molecule has 0 radical (unpaired) electrons. The van der Waals surface area contributed by atoms with Crippen LogP contribution in [0.2, 0.25) is 0 Å². The highest BCUT2D eigenvalue weighted by atomic mass is 16.4. The van der Waals surface area contributed by atoms with E-state index in [1.54, 1.807) is 29.2 Å². The molecule has 7 nitrogen and oxygen atoms in total. The molecule has 2 N–H and O–H groups in total. The summed E-state index contributed by atoms with van der Waals surface area (Å²) >= 11 is 0. The predicted octanol–water partition coefficient (Wildman–Crippen LogP) is 1.20. The Balaban J connectivity index is 2.26. The Morgan fingerprint density at radius 1 is 1.20 bits per heavy atom. The van der Waals surface area contributed by atoms with Gasteiger partial charge in [-0.3, -0.25) is 4.98 Å². The SMILES string of the molecule is O=C(O)c1nnn(CCCCCO)c1-c1ccncc1. The van der Waals surface area contributed by atoms with E-state index in [0.717, 1.165) is 24.8 Å². The van der Waals surface area contributed by atoms with Crippen LogP contribution in [0.5, 0.6) is 0 Å². The molecule has 0 aliphatic rings. The van der Waals surface area contributed by atoms with Crippen LogP contribution in [0.25, 0.3) is 11.3 Å². The lowest BCUT2D eigenvalue weighted by Crippen LogP contribution is -2.05. The third kappa shape index (κ3) is 3.18. The number of aliphatic hydroxyl groups excluding tert-OH is 1. The van der Waals surface area contributed by atoms with Crippen LogP contribution >= 0.6 is 0 Å². The highest BCUT2D eigenvalue weighted by Gasteiger charge is 2.20. The molecule has 0 aliphatic heterocycles. The summed E-state index contributed by atoms with van der Waals surface area (Å²) < 4.78 is 1.59. The molecular formula is C13H16N4O3. The third-order valence-corrected chi connectivity index (χ3v) is 2.92. The van der Waals surface area contributed by atoms with Crippen molar-refractivity contribution in [3.8, 4) is 11.3 Å². The third-order valence-electron chi connectivity index (χ3n) is 2.92. The summed E-state index contributed by atoms with van der Waals surface area (Å²) in [7, 11) is 0. The number of pyridine rings is 1. The molecule has 0 bridgehead atoms. The van der Waals surface area contributed by atoms with Crippen molar-refractivity contribution in [2.24, 2.45) is 0 Å². The fourth-order valence-corrected chi connectivity index (χ4v) is 1.96. The van der Waals surface area contributed by atoms with Crippen molar-refractivity contribution >= 4 is 5.97 Å². The van der Waals surface area contributed by atoms with Crippen LogP contribution in [0.15, 0.2) is 24.5 Å². The maximum absolute atomic E-state index is 11.2. The number of aliphatic hydroxyl groups is 1. The first-order valence-electron chi connectivity index (χ1n) is 6.42. The topological polar surface area (TPSA) is 101 Å². The number of rotatable bonds is 7. The number of unbranched alkanes of at least 4 members (excludes halogenated alkanes) is 2. The summed E-state index contributed by atoms with van der Waals surface area (Å²) in [5.74, 6) is -1.10. The Hall–Kier alpha value is -2.28. The molecule has 7 heteroatoms. The lowest BCUT2D eigenvalue weighted by Gasteiger charge is -2.06. The van der Waals surface area contributed by atoms with E-state index in [4.69, 9.17) is 5.11 Å². The van der Waals surface area contributed by atoms with Crippen LogP contribution in [0.4, 0.5) is 0 Å². The monoisotopic (exact) mass is 276 g/mol. The lowest BCUT2D eigenvalue weighted by atomic mass is 10.1. The number of aromatic nitrogens is 4. The summed E-state index contributed by atoms with van der Waals surface area (Å²) in [5, 5.41) is 25.6. The lowest BCUT2D eigenvalue weighted by molar-refractivity contribution is 0.0691. The molecule has 0 fully saturated rings.